The van der Waals surface area contributed by atoms with Gasteiger partial charge in [0.1, 0.15) is 12.1 Å². The van der Waals surface area contributed by atoms with Gasteiger partial charge in [-0.2, -0.15) is 0 Å². The summed E-state index contributed by atoms with van der Waals surface area (Å²) in [5.41, 5.74) is 0.0898. The summed E-state index contributed by atoms with van der Waals surface area (Å²) in [4.78, 5) is 28.2. The van der Waals surface area contributed by atoms with Crippen molar-refractivity contribution in [3.05, 3.63) is 78.0 Å². The van der Waals surface area contributed by atoms with Gasteiger partial charge in [-0.25, -0.2) is 14.6 Å². The van der Waals surface area contributed by atoms with E-state index in [1.807, 2.05) is 30.3 Å². The Bertz CT molecular complexity index is 827. The van der Waals surface area contributed by atoms with Crippen LogP contribution in [-0.4, -0.2) is 24.2 Å². The van der Waals surface area contributed by atoms with Crippen molar-refractivity contribution in [3.63, 3.8) is 0 Å². The highest BCUT2D eigenvalue weighted by atomic mass is 16.5. The molecule has 0 saturated carbocycles. The van der Waals surface area contributed by atoms with Crippen LogP contribution in [0, 0.1) is 0 Å². The fourth-order valence-electron chi connectivity index (χ4n) is 2.69. The molecule has 1 aromatic carbocycles. The van der Waals surface area contributed by atoms with E-state index in [9.17, 15) is 9.59 Å². The molecule has 134 valence electrons. The quantitative estimate of drug-likeness (QED) is 0.830. The van der Waals surface area contributed by atoms with Gasteiger partial charge in [0.15, 0.2) is 12.2 Å². The minimum Gasteiger partial charge on any atom is -0.465 e. The number of ether oxygens (including phenoxy) is 2. The first-order valence-electron chi connectivity index (χ1n) is 7.98. The van der Waals surface area contributed by atoms with Crippen molar-refractivity contribution in [2.24, 2.45) is 0 Å². The lowest BCUT2D eigenvalue weighted by Gasteiger charge is -2.30. The van der Waals surface area contributed by atoms with E-state index in [2.05, 4.69) is 10.3 Å². The lowest BCUT2D eigenvalue weighted by molar-refractivity contribution is -0.135. The van der Waals surface area contributed by atoms with E-state index in [1.165, 1.54) is 19.7 Å². The molecule has 3 rings (SSSR count). The van der Waals surface area contributed by atoms with Crippen molar-refractivity contribution in [3.8, 4) is 0 Å². The summed E-state index contributed by atoms with van der Waals surface area (Å²) in [5.74, 6) is -0.121. The smallest absolute Gasteiger partial charge is 0.408 e. The highest BCUT2D eigenvalue weighted by Crippen LogP contribution is 2.32. The second kappa shape index (κ2) is 7.69. The van der Waals surface area contributed by atoms with E-state index in [0.29, 0.717) is 17.8 Å². The third-order valence-corrected chi connectivity index (χ3v) is 3.97. The van der Waals surface area contributed by atoms with E-state index in [4.69, 9.17) is 13.9 Å². The minimum atomic E-state index is -1.08. The topological polar surface area (TPSA) is 90.7 Å². The molecule has 1 unspecified atom stereocenters. The number of aromatic nitrogens is 1. The van der Waals surface area contributed by atoms with Crippen molar-refractivity contribution in [1.82, 2.24) is 10.3 Å². The Kier molecular flexibility index (Phi) is 5.17. The maximum Gasteiger partial charge on any atom is 0.408 e. The van der Waals surface area contributed by atoms with Gasteiger partial charge in [0, 0.05) is 0 Å². The summed E-state index contributed by atoms with van der Waals surface area (Å²) in [5, 5.41) is 2.78. The predicted octanol–water partition coefficient (Wildman–Crippen LogP) is 2.86. The summed E-state index contributed by atoms with van der Waals surface area (Å²) < 4.78 is 15.4. The number of carbonyl (C=O) groups is 2. The molecule has 0 bridgehead atoms. The van der Waals surface area contributed by atoms with Crippen molar-refractivity contribution >= 4 is 12.1 Å². The van der Waals surface area contributed by atoms with Gasteiger partial charge in [-0.1, -0.05) is 42.5 Å². The molecule has 7 nitrogen and oxygen atoms in total. The van der Waals surface area contributed by atoms with Gasteiger partial charge in [-0.15, -0.1) is 0 Å². The maximum absolute atomic E-state index is 12.4. The molecule has 1 amide bonds. The van der Waals surface area contributed by atoms with Crippen LogP contribution in [0.15, 0.2) is 71.1 Å². The molecule has 1 heterocycles. The summed E-state index contributed by atoms with van der Waals surface area (Å²) in [7, 11) is 1.29. The molecular formula is C19H18N2O5. The van der Waals surface area contributed by atoms with E-state index in [0.717, 1.165) is 5.56 Å². The van der Waals surface area contributed by atoms with Crippen LogP contribution in [0.2, 0.25) is 0 Å². The van der Waals surface area contributed by atoms with Crippen LogP contribution >= 0.6 is 0 Å². The van der Waals surface area contributed by atoms with Crippen LogP contribution in [0.3, 0.4) is 0 Å². The third-order valence-electron chi connectivity index (χ3n) is 3.97. The lowest BCUT2D eigenvalue weighted by Crippen LogP contribution is -2.45. The standard InChI is InChI=1S/C19H18N2O5/c1-24-17(22)15-8-5-9-19(10-15,16-11-20-13-26-16)21-18(23)25-12-14-6-3-2-4-7-14/h2-8,10-11,13H,9,12H2,1H3,(H,21,23). The monoisotopic (exact) mass is 354 g/mol. The van der Waals surface area contributed by atoms with Crippen LogP contribution in [-0.2, 0) is 26.4 Å². The molecule has 0 fully saturated rings. The number of amides is 1. The number of methoxy groups -OCH3 is 1. The molecule has 1 N–H and O–H groups in total. The number of alkyl carbamates (subject to hydrolysis) is 1. The molecule has 1 aliphatic rings. The van der Waals surface area contributed by atoms with Crippen molar-refractivity contribution in [2.45, 2.75) is 18.6 Å². The van der Waals surface area contributed by atoms with E-state index in [1.54, 1.807) is 18.2 Å². The highest BCUT2D eigenvalue weighted by Gasteiger charge is 2.37. The predicted molar refractivity (Wildman–Crippen MR) is 91.8 cm³/mol. The molecule has 7 heteroatoms. The van der Waals surface area contributed by atoms with Crippen LogP contribution in [0.4, 0.5) is 4.79 Å². The first-order valence-corrected chi connectivity index (χ1v) is 7.98. The number of carbonyl (C=O) groups excluding carboxylic acids is 2. The number of hydrogen-bond donors (Lipinski definition) is 1. The normalized spacial score (nSPS) is 18.7. The van der Waals surface area contributed by atoms with Gasteiger partial charge in [0.2, 0.25) is 0 Å². The molecule has 0 radical (unpaired) electrons. The summed E-state index contributed by atoms with van der Waals surface area (Å²) in [6.07, 6.45) is 7.47. The molecule has 1 aliphatic carbocycles. The fraction of sp³-hybridized carbons (Fsp3) is 0.211. The maximum atomic E-state index is 12.4. The molecule has 0 saturated heterocycles. The van der Waals surface area contributed by atoms with Gasteiger partial charge in [-0.05, 0) is 18.1 Å². The summed E-state index contributed by atoms with van der Waals surface area (Å²) in [6, 6.07) is 9.33. The summed E-state index contributed by atoms with van der Waals surface area (Å²) >= 11 is 0. The van der Waals surface area contributed by atoms with Crippen LogP contribution < -0.4 is 5.32 Å². The van der Waals surface area contributed by atoms with Gasteiger partial charge >= 0.3 is 12.1 Å². The largest absolute Gasteiger partial charge is 0.465 e. The number of hydrogen-bond acceptors (Lipinski definition) is 6. The van der Waals surface area contributed by atoms with E-state index >= 15 is 0 Å². The Hall–Kier alpha value is -3.35. The second-order valence-electron chi connectivity index (χ2n) is 5.72. The molecule has 0 spiro atoms. The Morgan fingerprint density at radius 2 is 2.12 bits per heavy atom. The zero-order valence-corrected chi connectivity index (χ0v) is 14.2. The van der Waals surface area contributed by atoms with Crippen molar-refractivity contribution in [2.75, 3.05) is 7.11 Å². The zero-order valence-electron chi connectivity index (χ0n) is 14.2. The first kappa shape index (κ1) is 17.5. The third kappa shape index (κ3) is 3.83. The molecule has 1 aromatic heterocycles. The summed E-state index contributed by atoms with van der Waals surface area (Å²) in [6.45, 7) is 0.128. The Labute approximate surface area is 150 Å². The van der Waals surface area contributed by atoms with Gasteiger partial charge in [0.25, 0.3) is 0 Å². The van der Waals surface area contributed by atoms with Gasteiger partial charge in [-0.3, -0.25) is 0 Å². The minimum absolute atomic E-state index is 0.128. The molecule has 0 aliphatic heterocycles. The van der Waals surface area contributed by atoms with Gasteiger partial charge in [0.05, 0.1) is 18.9 Å². The molecular weight excluding hydrogens is 336 g/mol. The number of nitrogens with zero attached hydrogens (tertiary/aromatic N) is 1. The SMILES string of the molecule is COC(=O)C1=CC(NC(=O)OCc2ccccc2)(c2cnco2)CC=C1. The first-order chi connectivity index (χ1) is 12.6. The Balaban J connectivity index is 1.79. The Morgan fingerprint density at radius 1 is 1.31 bits per heavy atom. The number of benzene rings is 1. The van der Waals surface area contributed by atoms with E-state index in [-0.39, 0.29) is 6.61 Å². The fourth-order valence-corrected chi connectivity index (χ4v) is 2.69. The molecule has 26 heavy (non-hydrogen) atoms. The van der Waals surface area contributed by atoms with Gasteiger partial charge < -0.3 is 19.2 Å². The Morgan fingerprint density at radius 3 is 2.81 bits per heavy atom. The number of rotatable bonds is 5. The van der Waals surface area contributed by atoms with Crippen LogP contribution in [0.25, 0.3) is 0 Å². The van der Waals surface area contributed by atoms with Crippen molar-refractivity contribution < 1.29 is 23.5 Å². The van der Waals surface area contributed by atoms with E-state index < -0.39 is 17.6 Å². The van der Waals surface area contributed by atoms with Crippen LogP contribution in [0.1, 0.15) is 17.7 Å². The van der Waals surface area contributed by atoms with Crippen LogP contribution in [0.5, 0.6) is 0 Å². The lowest BCUT2D eigenvalue weighted by atomic mass is 9.86. The average Bonchev–Trinajstić information content (AvgIpc) is 3.22. The van der Waals surface area contributed by atoms with Crippen molar-refractivity contribution in [1.29, 1.82) is 0 Å². The average molecular weight is 354 g/mol. The number of oxazole rings is 1. The highest BCUT2D eigenvalue weighted by molar-refractivity contribution is 5.92. The number of nitrogens with one attached hydrogen (secondary N) is 1. The zero-order chi connectivity index (χ0) is 18.4. The second-order valence-corrected chi connectivity index (χ2v) is 5.72. The molecule has 1 atom stereocenters. The number of esters is 1. The molecule has 2 aromatic rings.